The average Bonchev–Trinajstić information content (AvgIpc) is 2.31. The molecule has 96 valence electrons. The molecule has 0 bridgehead atoms. The second kappa shape index (κ2) is 6.31. The number of nitrogen functional groups attached to an aromatic ring is 1. The molecule has 0 spiro atoms. The molecular formula is C10H18FN5O. The highest BCUT2D eigenvalue weighted by molar-refractivity contribution is 5.41. The molecule has 1 rings (SSSR count). The fourth-order valence-corrected chi connectivity index (χ4v) is 1.42. The summed E-state index contributed by atoms with van der Waals surface area (Å²) in [5.41, 5.74) is 2.25. The van der Waals surface area contributed by atoms with Crippen molar-refractivity contribution < 1.29 is 9.50 Å². The minimum Gasteiger partial charge on any atom is -0.396 e. The Balaban J connectivity index is 2.84. The second-order valence-electron chi connectivity index (χ2n) is 4.04. The topological polar surface area (TPSA) is 96.1 Å². The summed E-state index contributed by atoms with van der Waals surface area (Å²) in [4.78, 5) is 7.52. The third kappa shape index (κ3) is 3.79. The van der Waals surface area contributed by atoms with E-state index in [1.807, 2.05) is 13.8 Å². The predicted octanol–water partition coefficient (Wildman–Crippen LogP) is 0.720. The molecule has 0 amide bonds. The van der Waals surface area contributed by atoms with Gasteiger partial charge in [-0.05, 0) is 12.3 Å². The van der Waals surface area contributed by atoms with Crippen molar-refractivity contribution in [3.63, 3.8) is 0 Å². The number of anilines is 2. The number of aromatic nitrogens is 2. The van der Waals surface area contributed by atoms with E-state index in [1.54, 1.807) is 0 Å². The maximum absolute atomic E-state index is 13.5. The highest BCUT2D eigenvalue weighted by Gasteiger charge is 2.16. The minimum atomic E-state index is -0.549. The van der Waals surface area contributed by atoms with E-state index in [0.29, 0.717) is 6.42 Å². The van der Waals surface area contributed by atoms with Gasteiger partial charge in [-0.2, -0.15) is 4.98 Å². The molecule has 0 aromatic carbocycles. The highest BCUT2D eigenvalue weighted by Crippen LogP contribution is 2.17. The van der Waals surface area contributed by atoms with Crippen LogP contribution in [-0.4, -0.2) is 27.7 Å². The number of hydrazine groups is 1. The van der Waals surface area contributed by atoms with Crippen LogP contribution in [0.4, 0.5) is 16.2 Å². The molecule has 0 aliphatic rings. The fourth-order valence-electron chi connectivity index (χ4n) is 1.42. The molecule has 1 unspecified atom stereocenters. The summed E-state index contributed by atoms with van der Waals surface area (Å²) in [6, 6.07) is -0.0602. The molecule has 0 aliphatic carbocycles. The number of nitrogens with one attached hydrogen (secondary N) is 2. The summed E-state index contributed by atoms with van der Waals surface area (Å²) in [6.45, 7) is 3.99. The van der Waals surface area contributed by atoms with Gasteiger partial charge in [-0.3, -0.25) is 5.43 Å². The molecule has 0 radical (unpaired) electrons. The van der Waals surface area contributed by atoms with E-state index in [0.717, 1.165) is 6.20 Å². The third-order valence-corrected chi connectivity index (χ3v) is 2.44. The Labute approximate surface area is 99.4 Å². The van der Waals surface area contributed by atoms with Crippen LogP contribution in [-0.2, 0) is 0 Å². The second-order valence-corrected chi connectivity index (χ2v) is 4.04. The summed E-state index contributed by atoms with van der Waals surface area (Å²) in [6.07, 6.45) is 1.56. The van der Waals surface area contributed by atoms with E-state index < -0.39 is 5.82 Å². The van der Waals surface area contributed by atoms with E-state index in [2.05, 4.69) is 20.7 Å². The average molecular weight is 243 g/mol. The molecule has 0 saturated carbocycles. The van der Waals surface area contributed by atoms with Crippen LogP contribution in [0.3, 0.4) is 0 Å². The van der Waals surface area contributed by atoms with Crippen LogP contribution in [0.25, 0.3) is 0 Å². The molecule has 1 atom stereocenters. The zero-order chi connectivity index (χ0) is 12.8. The van der Waals surface area contributed by atoms with Gasteiger partial charge in [0.2, 0.25) is 5.95 Å². The Morgan fingerprint density at radius 1 is 1.53 bits per heavy atom. The van der Waals surface area contributed by atoms with Crippen molar-refractivity contribution in [1.29, 1.82) is 0 Å². The number of halogens is 1. The lowest BCUT2D eigenvalue weighted by molar-refractivity contribution is 0.267. The Bertz CT molecular complexity index is 361. The van der Waals surface area contributed by atoms with E-state index in [9.17, 15) is 4.39 Å². The van der Waals surface area contributed by atoms with E-state index >= 15 is 0 Å². The van der Waals surface area contributed by atoms with Crippen LogP contribution in [0.2, 0.25) is 0 Å². The number of nitrogens with two attached hydrogens (primary N) is 1. The van der Waals surface area contributed by atoms with Crippen LogP contribution in [0.1, 0.15) is 20.3 Å². The number of rotatable bonds is 6. The van der Waals surface area contributed by atoms with Gasteiger partial charge in [-0.25, -0.2) is 15.2 Å². The van der Waals surface area contributed by atoms with Crippen LogP contribution >= 0.6 is 0 Å². The first-order chi connectivity index (χ1) is 8.08. The molecule has 7 heteroatoms. The van der Waals surface area contributed by atoms with Gasteiger partial charge in [0.25, 0.3) is 0 Å². The summed E-state index contributed by atoms with van der Waals surface area (Å²) in [7, 11) is 0. The molecule has 0 fully saturated rings. The normalized spacial score (nSPS) is 12.6. The van der Waals surface area contributed by atoms with Crippen molar-refractivity contribution in [1.82, 2.24) is 9.97 Å². The smallest absolute Gasteiger partial charge is 0.239 e. The molecule has 1 aromatic rings. The Morgan fingerprint density at radius 3 is 2.76 bits per heavy atom. The number of hydrogen-bond donors (Lipinski definition) is 4. The van der Waals surface area contributed by atoms with Gasteiger partial charge in [0, 0.05) is 12.6 Å². The molecule has 17 heavy (non-hydrogen) atoms. The van der Waals surface area contributed by atoms with Gasteiger partial charge in [-0.15, -0.1) is 0 Å². The quantitative estimate of drug-likeness (QED) is 0.434. The number of nitrogens with zero attached hydrogens (tertiary/aromatic N) is 2. The summed E-state index contributed by atoms with van der Waals surface area (Å²) >= 11 is 0. The standard InChI is InChI=1S/C10H18FN5O/c1-6(2)8(3-4-17)14-9-7(11)5-13-10(15-9)16-12/h5-6,8,17H,3-4,12H2,1-2H3,(H2,13,14,15,16). The van der Waals surface area contributed by atoms with E-state index in [-0.39, 0.29) is 30.3 Å². The molecule has 6 nitrogen and oxygen atoms in total. The van der Waals surface area contributed by atoms with Crippen molar-refractivity contribution in [2.45, 2.75) is 26.3 Å². The molecule has 0 saturated heterocycles. The molecule has 5 N–H and O–H groups in total. The van der Waals surface area contributed by atoms with Crippen LogP contribution in [0, 0.1) is 11.7 Å². The number of aliphatic hydroxyl groups excluding tert-OH is 1. The van der Waals surface area contributed by atoms with Crippen LogP contribution in [0.15, 0.2) is 6.20 Å². The third-order valence-electron chi connectivity index (χ3n) is 2.44. The van der Waals surface area contributed by atoms with Crippen LogP contribution < -0.4 is 16.6 Å². The van der Waals surface area contributed by atoms with Crippen LogP contribution in [0.5, 0.6) is 0 Å². The maximum Gasteiger partial charge on any atom is 0.239 e. The van der Waals surface area contributed by atoms with Gasteiger partial charge >= 0.3 is 0 Å². The van der Waals surface area contributed by atoms with Gasteiger partial charge < -0.3 is 10.4 Å². The summed E-state index contributed by atoms with van der Waals surface area (Å²) < 4.78 is 13.5. The van der Waals surface area contributed by atoms with Crippen molar-refractivity contribution in [3.8, 4) is 0 Å². The predicted molar refractivity (Wildman–Crippen MR) is 63.8 cm³/mol. The molecular weight excluding hydrogens is 225 g/mol. The Kier molecular flexibility index (Phi) is 5.05. The van der Waals surface area contributed by atoms with Crippen molar-refractivity contribution in [2.75, 3.05) is 17.3 Å². The lowest BCUT2D eigenvalue weighted by Crippen LogP contribution is -2.28. The summed E-state index contributed by atoms with van der Waals surface area (Å²) in [5.74, 6) is 5.07. The van der Waals surface area contributed by atoms with Crippen molar-refractivity contribution in [2.24, 2.45) is 11.8 Å². The fraction of sp³-hybridized carbons (Fsp3) is 0.600. The first-order valence-electron chi connectivity index (χ1n) is 5.45. The molecule has 0 aliphatic heterocycles. The van der Waals surface area contributed by atoms with Crippen molar-refractivity contribution in [3.05, 3.63) is 12.0 Å². The summed E-state index contributed by atoms with van der Waals surface area (Å²) in [5, 5.41) is 11.9. The number of hydrogen-bond acceptors (Lipinski definition) is 6. The number of aliphatic hydroxyl groups is 1. The van der Waals surface area contributed by atoms with Gasteiger partial charge in [0.1, 0.15) is 0 Å². The lowest BCUT2D eigenvalue weighted by atomic mass is 10.0. The monoisotopic (exact) mass is 243 g/mol. The maximum atomic E-state index is 13.5. The zero-order valence-electron chi connectivity index (χ0n) is 9.94. The molecule has 1 heterocycles. The Hall–Kier alpha value is -1.47. The Morgan fingerprint density at radius 2 is 2.24 bits per heavy atom. The highest BCUT2D eigenvalue weighted by atomic mass is 19.1. The van der Waals surface area contributed by atoms with Gasteiger partial charge in [0.05, 0.1) is 6.20 Å². The van der Waals surface area contributed by atoms with E-state index in [4.69, 9.17) is 10.9 Å². The first-order valence-corrected chi connectivity index (χ1v) is 5.45. The first kappa shape index (κ1) is 13.6. The minimum absolute atomic E-state index is 0.0323. The van der Waals surface area contributed by atoms with E-state index in [1.165, 1.54) is 0 Å². The largest absolute Gasteiger partial charge is 0.396 e. The molecule has 1 aromatic heterocycles. The SMILES string of the molecule is CC(C)C(CCO)Nc1nc(NN)ncc1F. The zero-order valence-corrected chi connectivity index (χ0v) is 9.94. The van der Waals surface area contributed by atoms with Crippen molar-refractivity contribution >= 4 is 11.8 Å². The van der Waals surface area contributed by atoms with Gasteiger partial charge in [0.15, 0.2) is 11.6 Å². The lowest BCUT2D eigenvalue weighted by Gasteiger charge is -2.22. The van der Waals surface area contributed by atoms with Gasteiger partial charge in [-0.1, -0.05) is 13.8 Å².